The molecule has 0 aliphatic heterocycles. The lowest BCUT2D eigenvalue weighted by molar-refractivity contribution is 0.669. The highest BCUT2D eigenvalue weighted by atomic mass is 32.1. The molecular weight excluding hydrogens is 420 g/mol. The van der Waals surface area contributed by atoms with Gasteiger partial charge in [0.05, 0.1) is 0 Å². The first kappa shape index (κ1) is 18.7. The molecule has 0 spiro atoms. The Morgan fingerprint density at radius 3 is 2.30 bits per heavy atom. The molecule has 2 aromatic heterocycles. The van der Waals surface area contributed by atoms with E-state index in [9.17, 15) is 0 Å². The summed E-state index contributed by atoms with van der Waals surface area (Å²) >= 11 is 1.87. The Morgan fingerprint density at radius 2 is 1.39 bits per heavy atom. The minimum atomic E-state index is 0.939. The number of fused-ring (bicyclic) bond motifs is 6. The topological polar surface area (TPSA) is 13.1 Å². The highest BCUT2D eigenvalue weighted by Crippen LogP contribution is 2.44. The van der Waals surface area contributed by atoms with E-state index in [1.54, 1.807) is 0 Å². The van der Waals surface area contributed by atoms with Gasteiger partial charge in [-0.3, -0.25) is 0 Å². The number of benzene rings is 5. The van der Waals surface area contributed by atoms with Crippen molar-refractivity contribution in [2.24, 2.45) is 0 Å². The normalized spacial score (nSPS) is 11.8. The maximum Gasteiger partial charge on any atom is 0.135 e. The van der Waals surface area contributed by atoms with Crippen molar-refractivity contribution in [3.05, 3.63) is 109 Å². The van der Waals surface area contributed by atoms with Gasteiger partial charge in [-0.25, -0.2) is 0 Å². The molecule has 2 heteroatoms. The quantitative estimate of drug-likeness (QED) is 0.261. The second kappa shape index (κ2) is 7.06. The summed E-state index contributed by atoms with van der Waals surface area (Å²) in [6.45, 7) is 2.16. The molecule has 2 heterocycles. The Morgan fingerprint density at radius 1 is 0.545 bits per heavy atom. The molecular formula is C31H20OS. The number of thiophene rings is 1. The molecule has 1 nitrogen and oxygen atoms in total. The molecule has 156 valence electrons. The van der Waals surface area contributed by atoms with E-state index in [4.69, 9.17) is 4.42 Å². The van der Waals surface area contributed by atoms with E-state index in [1.165, 1.54) is 58.8 Å². The smallest absolute Gasteiger partial charge is 0.135 e. The van der Waals surface area contributed by atoms with Gasteiger partial charge in [0.25, 0.3) is 0 Å². The van der Waals surface area contributed by atoms with E-state index < -0.39 is 0 Å². The van der Waals surface area contributed by atoms with E-state index in [0.717, 1.165) is 11.2 Å². The fraction of sp³-hybridized carbons (Fsp3) is 0.0323. The van der Waals surface area contributed by atoms with Crippen LogP contribution in [0.1, 0.15) is 5.56 Å². The van der Waals surface area contributed by atoms with Gasteiger partial charge >= 0.3 is 0 Å². The lowest BCUT2D eigenvalue weighted by atomic mass is 9.93. The fourth-order valence-corrected chi connectivity index (χ4v) is 6.22. The van der Waals surface area contributed by atoms with Gasteiger partial charge in [-0.2, -0.15) is 0 Å². The maximum atomic E-state index is 6.16. The number of rotatable bonds is 2. The molecule has 0 aliphatic rings. The number of furan rings is 1. The van der Waals surface area contributed by atoms with E-state index in [1.807, 2.05) is 11.3 Å². The van der Waals surface area contributed by atoms with Crippen LogP contribution in [0, 0.1) is 6.92 Å². The summed E-state index contributed by atoms with van der Waals surface area (Å²) < 4.78 is 8.81. The third kappa shape index (κ3) is 2.84. The van der Waals surface area contributed by atoms with Crippen LogP contribution >= 0.6 is 11.3 Å². The predicted octanol–water partition coefficient (Wildman–Crippen LogP) is 9.60. The molecule has 0 atom stereocenters. The van der Waals surface area contributed by atoms with Crippen LogP contribution in [-0.2, 0) is 0 Å². The SMILES string of the molecule is Cc1cccc2oc3ccc(-c4cc(-c5ccccc5)cc5sc6ccccc6c45)cc3c12. The Bertz CT molecular complexity index is 1820. The molecule has 0 N–H and O–H groups in total. The Kier molecular flexibility index (Phi) is 3.99. The van der Waals surface area contributed by atoms with E-state index in [2.05, 4.69) is 110 Å². The average Bonchev–Trinajstić information content (AvgIpc) is 3.42. The van der Waals surface area contributed by atoms with Crippen LogP contribution in [-0.4, -0.2) is 0 Å². The van der Waals surface area contributed by atoms with Gasteiger partial charge in [0.15, 0.2) is 0 Å². The Hall–Kier alpha value is -3.88. The van der Waals surface area contributed by atoms with Gasteiger partial charge in [0.2, 0.25) is 0 Å². The summed E-state index contributed by atoms with van der Waals surface area (Å²) in [7, 11) is 0. The summed E-state index contributed by atoms with van der Waals surface area (Å²) in [5, 5.41) is 5.04. The van der Waals surface area contributed by atoms with Crippen LogP contribution in [0.3, 0.4) is 0 Å². The van der Waals surface area contributed by atoms with Crippen molar-refractivity contribution < 1.29 is 4.42 Å². The van der Waals surface area contributed by atoms with Crippen molar-refractivity contribution in [2.75, 3.05) is 0 Å². The van der Waals surface area contributed by atoms with Crippen LogP contribution in [0.25, 0.3) is 64.4 Å². The molecule has 0 amide bonds. The standard InChI is InChI=1S/C31H20OS/c1-19-8-7-12-27-30(19)25-16-21(14-15-26(25)32-27)24-17-22(20-9-3-2-4-10-20)18-29-31(24)23-11-5-6-13-28(23)33-29/h2-18H,1H3. The van der Waals surface area contributed by atoms with Crippen molar-refractivity contribution in [3.8, 4) is 22.3 Å². The van der Waals surface area contributed by atoms with Gasteiger partial charge in [-0.15, -0.1) is 11.3 Å². The Balaban J connectivity index is 1.59. The average molecular weight is 441 g/mol. The first-order valence-corrected chi connectivity index (χ1v) is 12.0. The Labute approximate surface area is 195 Å². The molecule has 0 aliphatic carbocycles. The highest BCUT2D eigenvalue weighted by Gasteiger charge is 2.16. The molecule has 0 saturated heterocycles. The lowest BCUT2D eigenvalue weighted by Gasteiger charge is -2.10. The zero-order valence-corrected chi connectivity index (χ0v) is 18.9. The molecule has 0 saturated carbocycles. The van der Waals surface area contributed by atoms with Crippen LogP contribution in [0.5, 0.6) is 0 Å². The third-order valence-corrected chi connectivity index (χ3v) is 7.72. The zero-order valence-electron chi connectivity index (χ0n) is 18.1. The molecule has 7 aromatic rings. The first-order valence-electron chi connectivity index (χ1n) is 11.2. The van der Waals surface area contributed by atoms with E-state index >= 15 is 0 Å². The van der Waals surface area contributed by atoms with E-state index in [-0.39, 0.29) is 0 Å². The summed E-state index contributed by atoms with van der Waals surface area (Å²) in [6.07, 6.45) is 0. The maximum absolute atomic E-state index is 6.16. The van der Waals surface area contributed by atoms with Crippen molar-refractivity contribution in [1.82, 2.24) is 0 Å². The highest BCUT2D eigenvalue weighted by molar-refractivity contribution is 7.26. The first-order chi connectivity index (χ1) is 16.3. The van der Waals surface area contributed by atoms with Crippen molar-refractivity contribution in [2.45, 2.75) is 6.92 Å². The van der Waals surface area contributed by atoms with Crippen molar-refractivity contribution in [1.29, 1.82) is 0 Å². The molecule has 0 fully saturated rings. The minimum Gasteiger partial charge on any atom is -0.456 e. The van der Waals surface area contributed by atoms with Gasteiger partial charge in [0.1, 0.15) is 11.2 Å². The van der Waals surface area contributed by atoms with Gasteiger partial charge < -0.3 is 4.42 Å². The molecule has 0 unspecified atom stereocenters. The molecule has 0 radical (unpaired) electrons. The van der Waals surface area contributed by atoms with Gasteiger partial charge in [-0.05, 0) is 71.1 Å². The molecule has 5 aromatic carbocycles. The monoisotopic (exact) mass is 440 g/mol. The van der Waals surface area contributed by atoms with Gasteiger partial charge in [0, 0.05) is 30.9 Å². The summed E-state index contributed by atoms with van der Waals surface area (Å²) in [5.41, 5.74) is 8.11. The molecule has 0 bridgehead atoms. The number of aryl methyl sites for hydroxylation is 1. The van der Waals surface area contributed by atoms with Gasteiger partial charge in [-0.1, -0.05) is 66.7 Å². The lowest BCUT2D eigenvalue weighted by Crippen LogP contribution is -1.84. The zero-order chi connectivity index (χ0) is 21.9. The van der Waals surface area contributed by atoms with E-state index in [0.29, 0.717) is 0 Å². The molecule has 7 rings (SSSR count). The summed E-state index contributed by atoms with van der Waals surface area (Å²) in [4.78, 5) is 0. The number of hydrogen-bond donors (Lipinski definition) is 0. The van der Waals surface area contributed by atoms with Crippen LogP contribution in [0.15, 0.2) is 108 Å². The van der Waals surface area contributed by atoms with Crippen LogP contribution in [0.4, 0.5) is 0 Å². The second-order valence-electron chi connectivity index (χ2n) is 8.62. The van der Waals surface area contributed by atoms with Crippen molar-refractivity contribution in [3.63, 3.8) is 0 Å². The van der Waals surface area contributed by atoms with Crippen LogP contribution in [0.2, 0.25) is 0 Å². The summed E-state index contributed by atoms with van der Waals surface area (Å²) in [5.74, 6) is 0. The van der Waals surface area contributed by atoms with Crippen molar-refractivity contribution >= 4 is 53.4 Å². The fourth-order valence-electron chi connectivity index (χ4n) is 5.05. The predicted molar refractivity (Wildman–Crippen MR) is 142 cm³/mol. The largest absolute Gasteiger partial charge is 0.456 e. The number of hydrogen-bond acceptors (Lipinski definition) is 2. The minimum absolute atomic E-state index is 0.939. The van der Waals surface area contributed by atoms with Crippen LogP contribution < -0.4 is 0 Å². The molecule has 33 heavy (non-hydrogen) atoms. The summed E-state index contributed by atoms with van der Waals surface area (Å²) in [6, 6.07) is 37.0. The third-order valence-electron chi connectivity index (χ3n) is 6.60. The second-order valence-corrected chi connectivity index (χ2v) is 9.71.